The van der Waals surface area contributed by atoms with Crippen LogP contribution in [0.2, 0.25) is 0 Å². The molecule has 0 fully saturated rings. The first kappa shape index (κ1) is 33.8. The fraction of sp³-hybridized carbons (Fsp3) is 0.333. The van der Waals surface area contributed by atoms with Gasteiger partial charge in [0.15, 0.2) is 11.5 Å². The van der Waals surface area contributed by atoms with Gasteiger partial charge in [0, 0.05) is 0 Å². The minimum Gasteiger partial charge on any atom is -0.493 e. The number of H-pyrrole nitrogens is 1. The maximum Gasteiger partial charge on any atom is 0.413 e. The lowest BCUT2D eigenvalue weighted by Crippen LogP contribution is -2.11. The Hall–Kier alpha value is -4.72. The Bertz CT molecular complexity index is 1600. The van der Waals surface area contributed by atoms with Gasteiger partial charge in [0.2, 0.25) is 5.95 Å². The zero-order chi connectivity index (χ0) is 32.2. The van der Waals surface area contributed by atoms with Gasteiger partial charge in [-0.05, 0) is 95.5 Å². The van der Waals surface area contributed by atoms with E-state index in [1.807, 2.05) is 36.4 Å². The molecule has 4 rings (SSSR count). The minimum absolute atomic E-state index is 0.363. The Morgan fingerprint density at radius 3 is 2.27 bits per heavy atom. The molecule has 1 amide bonds. The summed E-state index contributed by atoms with van der Waals surface area (Å²) in [4.78, 5) is 18.7. The van der Waals surface area contributed by atoms with Crippen LogP contribution < -0.4 is 19.5 Å². The highest BCUT2D eigenvalue weighted by Crippen LogP contribution is 2.37. The third kappa shape index (κ3) is 8.43. The van der Waals surface area contributed by atoms with Crippen molar-refractivity contribution in [3.05, 3.63) is 84.0 Å². The highest BCUT2D eigenvalue weighted by atomic mass is 16.5. The molecular weight excluding hydrogens is 554 g/mol. The number of nitrogens with zero attached hydrogens (tertiary/aromatic N) is 1. The van der Waals surface area contributed by atoms with Crippen molar-refractivity contribution in [3.8, 4) is 28.4 Å². The number of carbonyl (C=O) groups is 1. The Morgan fingerprint density at radius 2 is 1.66 bits per heavy atom. The predicted molar refractivity (Wildman–Crippen MR) is 180 cm³/mol. The third-order valence-electron chi connectivity index (χ3n) is 7.09. The van der Waals surface area contributed by atoms with Crippen LogP contribution in [0, 0.1) is 0 Å². The molecule has 0 saturated heterocycles. The summed E-state index contributed by atoms with van der Waals surface area (Å²) in [6, 6.07) is 16.3. The number of allylic oxidation sites excluding steroid dienone is 3. The van der Waals surface area contributed by atoms with Crippen LogP contribution in [0.1, 0.15) is 63.6 Å². The van der Waals surface area contributed by atoms with Crippen LogP contribution in [-0.2, 0) is 11.2 Å². The molecule has 44 heavy (non-hydrogen) atoms. The van der Waals surface area contributed by atoms with Gasteiger partial charge in [0.1, 0.15) is 5.75 Å². The highest BCUT2D eigenvalue weighted by Gasteiger charge is 2.14. The van der Waals surface area contributed by atoms with Gasteiger partial charge >= 0.3 is 6.09 Å². The number of aryl methyl sites for hydroxylation is 1. The average Bonchev–Trinajstić information content (AvgIpc) is 3.44. The van der Waals surface area contributed by atoms with Crippen LogP contribution in [0.4, 0.5) is 10.7 Å². The molecule has 2 N–H and O–H groups in total. The van der Waals surface area contributed by atoms with Crippen LogP contribution in [0.3, 0.4) is 0 Å². The molecule has 8 nitrogen and oxygen atoms in total. The number of aromatic amines is 1. The number of amides is 1. The fourth-order valence-electron chi connectivity index (χ4n) is 4.76. The van der Waals surface area contributed by atoms with Crippen molar-refractivity contribution < 1.29 is 23.7 Å². The second-order valence-electron chi connectivity index (χ2n) is 10.5. The number of methoxy groups -OCH3 is 3. The summed E-state index contributed by atoms with van der Waals surface area (Å²) < 4.78 is 21.1. The number of hydrogen-bond acceptors (Lipinski definition) is 6. The normalized spacial score (nSPS) is 11.1. The molecule has 4 aromatic rings. The van der Waals surface area contributed by atoms with Gasteiger partial charge in [0.05, 0.1) is 39.0 Å². The second-order valence-corrected chi connectivity index (χ2v) is 10.5. The van der Waals surface area contributed by atoms with E-state index in [2.05, 4.69) is 79.4 Å². The monoisotopic (exact) mass is 599 g/mol. The Morgan fingerprint density at radius 1 is 0.977 bits per heavy atom. The van der Waals surface area contributed by atoms with Crippen molar-refractivity contribution in [2.24, 2.45) is 0 Å². The largest absolute Gasteiger partial charge is 0.493 e. The van der Waals surface area contributed by atoms with Crippen molar-refractivity contribution in [3.63, 3.8) is 0 Å². The van der Waals surface area contributed by atoms with Gasteiger partial charge in [0.25, 0.3) is 0 Å². The van der Waals surface area contributed by atoms with E-state index in [0.29, 0.717) is 11.9 Å². The lowest BCUT2D eigenvalue weighted by Gasteiger charge is -2.17. The molecule has 0 aliphatic rings. The zero-order valence-electron chi connectivity index (χ0n) is 27.2. The molecule has 0 atom stereocenters. The third-order valence-corrected chi connectivity index (χ3v) is 7.09. The Balaban J connectivity index is 0.000000259. The molecule has 0 aliphatic heterocycles. The molecule has 0 unspecified atom stereocenters. The van der Waals surface area contributed by atoms with E-state index in [1.54, 1.807) is 20.3 Å². The number of anilines is 1. The van der Waals surface area contributed by atoms with Gasteiger partial charge in [-0.3, -0.25) is 5.32 Å². The molecule has 0 radical (unpaired) electrons. The molecule has 0 spiro atoms. The molecular formula is C36H45N3O5. The topological polar surface area (TPSA) is 94.7 Å². The smallest absolute Gasteiger partial charge is 0.413 e. The average molecular weight is 600 g/mol. The van der Waals surface area contributed by atoms with E-state index in [0.717, 1.165) is 58.9 Å². The summed E-state index contributed by atoms with van der Waals surface area (Å²) in [7, 11) is 4.63. The van der Waals surface area contributed by atoms with Crippen molar-refractivity contribution in [2.75, 3.05) is 33.3 Å². The van der Waals surface area contributed by atoms with Gasteiger partial charge in [-0.15, -0.1) is 0 Å². The predicted octanol–water partition coefficient (Wildman–Crippen LogP) is 9.18. The first-order valence-electron chi connectivity index (χ1n) is 14.9. The second kappa shape index (κ2) is 16.2. The highest BCUT2D eigenvalue weighted by molar-refractivity contribution is 5.88. The van der Waals surface area contributed by atoms with Gasteiger partial charge in [-0.25, -0.2) is 9.78 Å². The molecule has 0 aliphatic carbocycles. The number of benzene rings is 3. The summed E-state index contributed by atoms with van der Waals surface area (Å²) in [6.07, 6.45) is 5.15. The van der Waals surface area contributed by atoms with Crippen LogP contribution in [-0.4, -0.2) is 44.0 Å². The molecule has 1 aromatic heterocycles. The van der Waals surface area contributed by atoms with Crippen LogP contribution in [0.25, 0.3) is 27.7 Å². The summed E-state index contributed by atoms with van der Waals surface area (Å²) in [6.45, 7) is 15.1. The number of hydrogen-bond donors (Lipinski definition) is 2. The molecule has 1 heterocycles. The lowest BCUT2D eigenvalue weighted by molar-refractivity contribution is 0.186. The Labute approximate surface area is 261 Å². The van der Waals surface area contributed by atoms with Crippen molar-refractivity contribution in [1.82, 2.24) is 9.97 Å². The zero-order valence-corrected chi connectivity index (χ0v) is 27.2. The first-order chi connectivity index (χ1) is 21.2. The van der Waals surface area contributed by atoms with E-state index in [1.165, 1.54) is 29.4 Å². The Kier molecular flexibility index (Phi) is 12.4. The molecule has 0 saturated carbocycles. The SMILES string of the molecule is C=C/C=C(/C)c1cc(OC)c(OC)cc1C(C)C.CCCOc1ccc(-c2ccc3nc(NC(=O)OC)[nH]c3c2)cc1CC. The fourth-order valence-corrected chi connectivity index (χ4v) is 4.76. The maximum absolute atomic E-state index is 11.3. The van der Waals surface area contributed by atoms with E-state index in [4.69, 9.17) is 14.2 Å². The number of ether oxygens (including phenoxy) is 4. The molecule has 8 heteroatoms. The van der Waals surface area contributed by atoms with Crippen LogP contribution >= 0.6 is 0 Å². The van der Waals surface area contributed by atoms with E-state index in [9.17, 15) is 4.79 Å². The summed E-state index contributed by atoms with van der Waals surface area (Å²) in [5.74, 6) is 3.27. The lowest BCUT2D eigenvalue weighted by atomic mass is 9.92. The quantitative estimate of drug-likeness (QED) is 0.167. The molecule has 234 valence electrons. The summed E-state index contributed by atoms with van der Waals surface area (Å²) >= 11 is 0. The maximum atomic E-state index is 11.3. The summed E-state index contributed by atoms with van der Waals surface area (Å²) in [5, 5.41) is 2.54. The number of imidazole rings is 1. The number of aromatic nitrogens is 2. The van der Waals surface area contributed by atoms with Crippen molar-refractivity contribution >= 4 is 28.6 Å². The number of carbonyl (C=O) groups excluding carboxylic acids is 1. The van der Waals surface area contributed by atoms with E-state index >= 15 is 0 Å². The first-order valence-corrected chi connectivity index (χ1v) is 14.9. The van der Waals surface area contributed by atoms with Gasteiger partial charge in [-0.1, -0.05) is 58.6 Å². The standard InChI is InChI=1S/C20H23N3O3.C16H22O2/c1-4-10-26-18-9-7-14(11-13(18)5-2)15-6-8-16-17(12-15)22-19(21-16)23-20(24)25-3;1-7-8-12(4)14-10-16(18-6)15(17-5)9-13(14)11(2)3/h6-9,11-12H,4-5,10H2,1-3H3,(H2,21,22,23,24);7-11H,1H2,2-6H3/b;12-8-. The van der Waals surface area contributed by atoms with E-state index < -0.39 is 6.09 Å². The van der Waals surface area contributed by atoms with Crippen molar-refractivity contribution in [2.45, 2.75) is 53.4 Å². The van der Waals surface area contributed by atoms with Crippen LogP contribution in [0.5, 0.6) is 17.2 Å². The number of fused-ring (bicyclic) bond motifs is 1. The molecule has 3 aromatic carbocycles. The number of rotatable bonds is 11. The van der Waals surface area contributed by atoms with Crippen molar-refractivity contribution in [1.29, 1.82) is 0 Å². The van der Waals surface area contributed by atoms with Crippen LogP contribution in [0.15, 0.2) is 67.3 Å². The summed E-state index contributed by atoms with van der Waals surface area (Å²) in [5.41, 5.74) is 8.61. The van der Waals surface area contributed by atoms with E-state index in [-0.39, 0.29) is 0 Å². The minimum atomic E-state index is -0.556. The van der Waals surface area contributed by atoms with Gasteiger partial charge < -0.3 is 23.9 Å². The number of nitrogens with one attached hydrogen (secondary N) is 2. The molecule has 0 bridgehead atoms. The van der Waals surface area contributed by atoms with Gasteiger partial charge in [-0.2, -0.15) is 0 Å².